The summed E-state index contributed by atoms with van der Waals surface area (Å²) in [6.45, 7) is 0.864. The second-order valence-electron chi connectivity index (χ2n) is 6.80. The number of carbonyl (C=O) groups excluding carboxylic acids is 2. The lowest BCUT2D eigenvalue weighted by Gasteiger charge is -2.25. The summed E-state index contributed by atoms with van der Waals surface area (Å²) in [6.07, 6.45) is 0.266. The molecule has 0 bridgehead atoms. The van der Waals surface area contributed by atoms with Crippen molar-refractivity contribution in [1.82, 2.24) is 14.9 Å². The Kier molecular flexibility index (Phi) is 4.35. The summed E-state index contributed by atoms with van der Waals surface area (Å²) in [5.41, 5.74) is 3.71. The van der Waals surface area contributed by atoms with Crippen LogP contribution in [0.3, 0.4) is 0 Å². The maximum absolute atomic E-state index is 14.5. The van der Waals surface area contributed by atoms with E-state index >= 15 is 0 Å². The lowest BCUT2D eigenvalue weighted by molar-refractivity contribution is 0.0705. The van der Waals surface area contributed by atoms with Crippen LogP contribution < -0.4 is 5.48 Å². The van der Waals surface area contributed by atoms with Gasteiger partial charge in [0.2, 0.25) is 0 Å². The number of rotatable bonds is 3. The Labute approximate surface area is 158 Å². The van der Waals surface area contributed by atoms with Crippen LogP contribution in [0.5, 0.6) is 0 Å². The van der Waals surface area contributed by atoms with Crippen molar-refractivity contribution in [2.24, 2.45) is 0 Å². The number of hydrogen-bond acceptors (Lipinski definition) is 3. The average molecular weight is 385 g/mol. The minimum Gasteiger partial charge on any atom is -0.339 e. The molecule has 1 aromatic heterocycles. The van der Waals surface area contributed by atoms with Crippen molar-refractivity contribution in [2.45, 2.75) is 13.0 Å². The molecule has 1 aliphatic heterocycles. The molecule has 3 aromatic rings. The Morgan fingerprint density at radius 1 is 1.18 bits per heavy atom. The highest BCUT2D eigenvalue weighted by Crippen LogP contribution is 2.33. The van der Waals surface area contributed by atoms with Crippen LogP contribution >= 0.6 is 0 Å². The molecule has 28 heavy (non-hydrogen) atoms. The number of halogens is 2. The zero-order valence-corrected chi connectivity index (χ0v) is 15.0. The number of nitrogens with zero attached hydrogens (tertiary/aromatic N) is 2. The Hall–Kier alpha value is -3.26. The summed E-state index contributed by atoms with van der Waals surface area (Å²) in [5.74, 6) is -2.28. The van der Waals surface area contributed by atoms with Crippen molar-refractivity contribution in [3.05, 3.63) is 70.4 Å². The Morgan fingerprint density at radius 3 is 2.57 bits per heavy atom. The van der Waals surface area contributed by atoms with Crippen molar-refractivity contribution in [2.75, 3.05) is 13.6 Å². The summed E-state index contributed by atoms with van der Waals surface area (Å²) in [7, 11) is 1.67. The van der Waals surface area contributed by atoms with Crippen LogP contribution in [0, 0.1) is 11.6 Å². The minimum atomic E-state index is -0.704. The number of amides is 2. The van der Waals surface area contributed by atoms with Gasteiger partial charge < -0.3 is 9.47 Å². The molecule has 2 N–H and O–H groups in total. The fourth-order valence-electron chi connectivity index (χ4n) is 3.69. The van der Waals surface area contributed by atoms with Gasteiger partial charge in [-0.15, -0.1) is 0 Å². The Morgan fingerprint density at radius 2 is 1.89 bits per heavy atom. The van der Waals surface area contributed by atoms with Crippen molar-refractivity contribution < 1.29 is 23.6 Å². The molecule has 144 valence electrons. The van der Waals surface area contributed by atoms with Crippen molar-refractivity contribution in [3.63, 3.8) is 0 Å². The Balaban J connectivity index is 1.86. The molecule has 2 aromatic carbocycles. The van der Waals surface area contributed by atoms with Crippen molar-refractivity contribution >= 4 is 22.7 Å². The van der Waals surface area contributed by atoms with Crippen molar-refractivity contribution in [3.8, 4) is 0 Å². The molecule has 0 atom stereocenters. The number of nitrogens with one attached hydrogen (secondary N) is 1. The summed E-state index contributed by atoms with van der Waals surface area (Å²) in [4.78, 5) is 25.8. The molecular formula is C20H17F2N3O3. The maximum atomic E-state index is 14.5. The van der Waals surface area contributed by atoms with E-state index in [4.69, 9.17) is 5.21 Å². The van der Waals surface area contributed by atoms with Crippen LogP contribution in [-0.2, 0) is 13.0 Å². The summed E-state index contributed by atoms with van der Waals surface area (Å²) >= 11 is 0. The Bertz CT molecular complexity index is 1110. The number of aromatic nitrogens is 1. The van der Waals surface area contributed by atoms with Gasteiger partial charge in [0, 0.05) is 43.6 Å². The third kappa shape index (κ3) is 2.82. The van der Waals surface area contributed by atoms with Gasteiger partial charge in [-0.05, 0) is 29.3 Å². The first-order valence-corrected chi connectivity index (χ1v) is 8.69. The highest BCUT2D eigenvalue weighted by atomic mass is 19.1. The third-order valence-corrected chi connectivity index (χ3v) is 5.09. The van der Waals surface area contributed by atoms with Gasteiger partial charge in [-0.2, -0.15) is 0 Å². The number of hydrogen-bond donors (Lipinski definition) is 2. The normalized spacial score (nSPS) is 13.7. The fraction of sp³-hybridized carbons (Fsp3) is 0.200. The first-order valence-electron chi connectivity index (χ1n) is 8.69. The topological polar surface area (TPSA) is 74.6 Å². The van der Waals surface area contributed by atoms with Gasteiger partial charge in [-0.3, -0.25) is 14.8 Å². The molecule has 1 aliphatic rings. The molecule has 0 fully saturated rings. The number of fused-ring (bicyclic) bond motifs is 3. The van der Waals surface area contributed by atoms with E-state index in [0.29, 0.717) is 29.7 Å². The van der Waals surface area contributed by atoms with E-state index in [0.717, 1.165) is 11.6 Å². The van der Waals surface area contributed by atoms with Gasteiger partial charge in [0.1, 0.15) is 17.3 Å². The molecule has 2 amide bonds. The van der Waals surface area contributed by atoms with E-state index in [1.54, 1.807) is 34.1 Å². The van der Waals surface area contributed by atoms with Gasteiger partial charge in [0.05, 0.1) is 5.52 Å². The van der Waals surface area contributed by atoms with Crippen molar-refractivity contribution in [1.29, 1.82) is 0 Å². The lowest BCUT2D eigenvalue weighted by atomic mass is 9.99. The molecule has 2 heterocycles. The van der Waals surface area contributed by atoms with Crippen LogP contribution in [0.25, 0.3) is 10.9 Å². The molecule has 0 unspecified atom stereocenters. The first kappa shape index (κ1) is 18.1. The highest BCUT2D eigenvalue weighted by Gasteiger charge is 2.30. The van der Waals surface area contributed by atoms with E-state index in [2.05, 4.69) is 0 Å². The van der Waals surface area contributed by atoms with Crippen LogP contribution in [0.4, 0.5) is 8.78 Å². The number of likely N-dealkylation sites (N-methyl/N-ethyl adjacent to an activating group) is 1. The van der Waals surface area contributed by atoms with Crippen LogP contribution in [-0.4, -0.2) is 40.1 Å². The second kappa shape index (κ2) is 6.72. The summed E-state index contributed by atoms with van der Waals surface area (Å²) in [6, 6.07) is 8.48. The van der Waals surface area contributed by atoms with Crippen LogP contribution in [0.2, 0.25) is 0 Å². The molecule has 8 heteroatoms. The predicted octanol–water partition coefficient (Wildman–Crippen LogP) is 2.71. The van der Waals surface area contributed by atoms with Gasteiger partial charge in [-0.1, -0.05) is 12.1 Å². The predicted molar refractivity (Wildman–Crippen MR) is 97.3 cm³/mol. The fourth-order valence-corrected chi connectivity index (χ4v) is 3.69. The molecule has 0 saturated heterocycles. The van der Waals surface area contributed by atoms with E-state index in [-0.39, 0.29) is 23.4 Å². The summed E-state index contributed by atoms with van der Waals surface area (Å²) < 4.78 is 30.1. The quantitative estimate of drug-likeness (QED) is 0.538. The molecule has 0 aliphatic carbocycles. The number of carbonyl (C=O) groups is 2. The molecule has 4 rings (SSSR count). The third-order valence-electron chi connectivity index (χ3n) is 5.09. The molecule has 6 nitrogen and oxygen atoms in total. The largest absolute Gasteiger partial charge is 0.339 e. The maximum Gasteiger partial charge on any atom is 0.274 e. The van der Waals surface area contributed by atoms with E-state index in [1.165, 1.54) is 18.2 Å². The van der Waals surface area contributed by atoms with Gasteiger partial charge >= 0.3 is 0 Å². The molecular weight excluding hydrogens is 368 g/mol. The van der Waals surface area contributed by atoms with E-state index in [1.807, 2.05) is 0 Å². The van der Waals surface area contributed by atoms with Crippen LogP contribution in [0.15, 0.2) is 36.4 Å². The standard InChI is InChI=1S/C20H17F2N3O3/c1-24-6-7-25-17-15(9-13(21)10-16(17)22)14(18(25)20(24)27)8-11-2-4-12(5-3-11)19(26)23-28/h2-5,9-10,28H,6-8H2,1H3,(H,23,26). The monoisotopic (exact) mass is 385 g/mol. The second-order valence-corrected chi connectivity index (χ2v) is 6.80. The summed E-state index contributed by atoms with van der Waals surface area (Å²) in [5, 5.41) is 9.08. The van der Waals surface area contributed by atoms with Gasteiger partial charge in [0.15, 0.2) is 0 Å². The average Bonchev–Trinajstić information content (AvgIpc) is 2.99. The van der Waals surface area contributed by atoms with E-state index < -0.39 is 17.5 Å². The smallest absolute Gasteiger partial charge is 0.274 e. The van der Waals surface area contributed by atoms with Gasteiger partial charge in [0.25, 0.3) is 11.8 Å². The number of hydroxylamine groups is 1. The van der Waals surface area contributed by atoms with E-state index in [9.17, 15) is 18.4 Å². The molecule has 0 radical (unpaired) electrons. The molecule has 0 saturated carbocycles. The SMILES string of the molecule is CN1CCn2c(c(Cc3ccc(C(=O)NO)cc3)c3cc(F)cc(F)c32)C1=O. The highest BCUT2D eigenvalue weighted by molar-refractivity contribution is 6.02. The van der Waals surface area contributed by atoms with Crippen LogP contribution in [0.1, 0.15) is 32.0 Å². The van der Waals surface area contributed by atoms with Gasteiger partial charge in [-0.25, -0.2) is 14.3 Å². The number of benzene rings is 2. The zero-order valence-electron chi connectivity index (χ0n) is 15.0. The zero-order chi connectivity index (χ0) is 20.0. The lowest BCUT2D eigenvalue weighted by Crippen LogP contribution is -2.37. The first-order chi connectivity index (χ1) is 13.4. The minimum absolute atomic E-state index is 0.226. The molecule has 0 spiro atoms.